The van der Waals surface area contributed by atoms with Crippen LogP contribution in [0, 0.1) is 0 Å². The molecule has 0 radical (unpaired) electrons. The van der Waals surface area contributed by atoms with Crippen molar-refractivity contribution in [1.29, 1.82) is 0 Å². The van der Waals surface area contributed by atoms with E-state index in [1.807, 2.05) is 44.3 Å². The van der Waals surface area contributed by atoms with Gasteiger partial charge in [0.05, 0.1) is 30.0 Å². The van der Waals surface area contributed by atoms with Crippen LogP contribution in [0.4, 0.5) is 26.7 Å². The van der Waals surface area contributed by atoms with E-state index in [-0.39, 0.29) is 13.2 Å². The molecule has 0 saturated carbocycles. The first-order chi connectivity index (χ1) is 21.2. The number of hydrogen-bond acceptors (Lipinski definition) is 6. The molecular weight excluding hydrogens is 603 g/mol. The predicted octanol–water partition coefficient (Wildman–Crippen LogP) is 5.98. The normalized spacial score (nSPS) is 14.8. The van der Waals surface area contributed by atoms with Gasteiger partial charge in [-0.15, -0.1) is 0 Å². The third-order valence-corrected chi connectivity index (χ3v) is 5.47. The fraction of sp³-hybridized carbons (Fsp3) is 0.667. The molecule has 1 fully saturated rings. The average Bonchev–Trinajstić information content (AvgIpc) is 3.62. The van der Waals surface area contributed by atoms with Crippen molar-refractivity contribution in [3.05, 3.63) is 29.6 Å². The number of amides is 3. The maximum Gasteiger partial charge on any atom is 0.410 e. The number of H-pyrrole nitrogens is 1. The maximum absolute atomic E-state index is 12.3. The monoisotopic (exact) mass is 654 g/mol. The van der Waals surface area contributed by atoms with Crippen LogP contribution in [0.15, 0.2) is 23.2 Å². The van der Waals surface area contributed by atoms with Crippen molar-refractivity contribution in [3.63, 3.8) is 0 Å². The number of rotatable bonds is 11. The van der Waals surface area contributed by atoms with Crippen molar-refractivity contribution in [3.8, 4) is 0 Å². The van der Waals surface area contributed by atoms with Crippen LogP contribution >= 0.6 is 0 Å². The number of methoxy groups -OCH3 is 1. The Morgan fingerprint density at radius 2 is 1.78 bits per heavy atom. The zero-order valence-corrected chi connectivity index (χ0v) is 27.6. The summed E-state index contributed by atoms with van der Waals surface area (Å²) in [6, 6.07) is 3.51. The van der Waals surface area contributed by atoms with Crippen LogP contribution in [-0.2, 0) is 27.1 Å². The topological polar surface area (TPSA) is 144 Å². The second-order valence-electron chi connectivity index (χ2n) is 9.38. The Bertz CT molecular complexity index is 1110. The fourth-order valence-corrected chi connectivity index (χ4v) is 3.25. The van der Waals surface area contributed by atoms with Crippen molar-refractivity contribution in [2.24, 2.45) is 10.7 Å². The lowest BCUT2D eigenvalue weighted by molar-refractivity contribution is -0.148. The number of nitrogens with one attached hydrogen (secondary N) is 3. The molecule has 2 heterocycles. The van der Waals surface area contributed by atoms with Crippen LogP contribution < -0.4 is 16.4 Å². The molecule has 1 aromatic carbocycles. The van der Waals surface area contributed by atoms with Gasteiger partial charge in [0.15, 0.2) is 0 Å². The molecule has 5 N–H and O–H groups in total. The van der Waals surface area contributed by atoms with Gasteiger partial charge in [-0.3, -0.25) is 9.79 Å². The van der Waals surface area contributed by atoms with Crippen LogP contribution in [0.25, 0.3) is 11.0 Å². The molecule has 260 valence electrons. The number of nitrogens with zero attached hydrogens (tertiary/aromatic N) is 2. The Morgan fingerprint density at radius 1 is 1.16 bits per heavy atom. The third-order valence-electron chi connectivity index (χ3n) is 5.47. The van der Waals surface area contributed by atoms with E-state index < -0.39 is 36.7 Å². The number of imidazole rings is 1. The zero-order chi connectivity index (χ0) is 35.0. The molecule has 1 aliphatic rings. The number of carbonyl (C=O) groups excluding carboxylic acids is 2. The summed E-state index contributed by atoms with van der Waals surface area (Å²) in [6.45, 7) is 12.1. The van der Waals surface area contributed by atoms with E-state index in [9.17, 15) is 31.5 Å². The largest absolute Gasteiger partial charge is 0.410 e. The number of urea groups is 1. The van der Waals surface area contributed by atoms with E-state index in [1.165, 1.54) is 18.9 Å². The molecule has 1 aliphatic heterocycles. The highest BCUT2D eigenvalue weighted by Crippen LogP contribution is 2.21. The molecule has 2 unspecified atom stereocenters. The van der Waals surface area contributed by atoms with Crippen LogP contribution in [0.3, 0.4) is 0 Å². The minimum Gasteiger partial charge on any atom is -0.384 e. The van der Waals surface area contributed by atoms with Crippen molar-refractivity contribution in [2.45, 2.75) is 98.4 Å². The minimum atomic E-state index is -4.33. The van der Waals surface area contributed by atoms with Crippen LogP contribution in [0.1, 0.15) is 72.2 Å². The number of primary amides is 1. The maximum atomic E-state index is 12.3. The molecule has 0 aliphatic carbocycles. The van der Waals surface area contributed by atoms with Gasteiger partial charge in [-0.1, -0.05) is 53.5 Å². The van der Waals surface area contributed by atoms with Crippen molar-refractivity contribution in [1.82, 2.24) is 20.6 Å². The van der Waals surface area contributed by atoms with E-state index in [1.54, 1.807) is 19.5 Å². The van der Waals surface area contributed by atoms with Gasteiger partial charge in [0.25, 0.3) is 12.3 Å². The van der Waals surface area contributed by atoms with Gasteiger partial charge in [0, 0.05) is 27.1 Å². The number of aliphatic imine (C=N–C) groups is 1. The molecule has 0 spiro atoms. The van der Waals surface area contributed by atoms with E-state index in [0.717, 1.165) is 29.7 Å². The SMILES string of the molecule is CC.CCC.CCCC(=NC)C(N)=O.COCCc1ccc2nc(CCOC(C)C(F)F)[nH]c2c1.O=C1NCC(C(F)(F)F)N1. The molecule has 45 heavy (non-hydrogen) atoms. The molecule has 2 atom stereocenters. The summed E-state index contributed by atoms with van der Waals surface area (Å²) in [5, 5.41) is 3.72. The van der Waals surface area contributed by atoms with Gasteiger partial charge in [0.2, 0.25) is 0 Å². The Labute approximate surface area is 263 Å². The van der Waals surface area contributed by atoms with Gasteiger partial charge in [-0.05, 0) is 37.5 Å². The number of aromatic amines is 1. The molecule has 10 nitrogen and oxygen atoms in total. The second kappa shape index (κ2) is 24.9. The first-order valence-corrected chi connectivity index (χ1v) is 15.0. The molecule has 0 bridgehead atoms. The quantitative estimate of drug-likeness (QED) is 0.174. The lowest BCUT2D eigenvalue weighted by atomic mass is 10.1. The highest BCUT2D eigenvalue weighted by atomic mass is 19.4. The summed E-state index contributed by atoms with van der Waals surface area (Å²) in [7, 11) is 3.25. The second-order valence-corrected chi connectivity index (χ2v) is 9.38. The summed E-state index contributed by atoms with van der Waals surface area (Å²) in [4.78, 5) is 31.9. The third kappa shape index (κ3) is 19.6. The highest BCUT2D eigenvalue weighted by molar-refractivity contribution is 6.38. The number of fused-ring (bicyclic) bond motifs is 1. The molecule has 15 heteroatoms. The Kier molecular flexibility index (Phi) is 24.3. The number of alkyl halides is 5. The fourth-order valence-electron chi connectivity index (χ4n) is 3.25. The molecule has 1 saturated heterocycles. The molecule has 2 aromatic rings. The number of halogens is 5. The molecule has 3 rings (SSSR count). The van der Waals surface area contributed by atoms with E-state index >= 15 is 0 Å². The predicted molar refractivity (Wildman–Crippen MR) is 168 cm³/mol. The van der Waals surface area contributed by atoms with Gasteiger partial charge in [-0.2, -0.15) is 13.2 Å². The zero-order valence-electron chi connectivity index (χ0n) is 27.6. The number of hydrogen-bond donors (Lipinski definition) is 4. The number of carbonyl (C=O) groups is 2. The van der Waals surface area contributed by atoms with Gasteiger partial charge in [-0.25, -0.2) is 18.6 Å². The summed E-state index contributed by atoms with van der Waals surface area (Å²) < 4.78 is 69.8. The number of benzene rings is 1. The standard InChI is InChI=1S/C15H20F2N2O2.C6H12N2O.C4H5F3N2O.C3H8.C2H6/c1-10(15(16)17)21-8-6-14-18-12-4-3-11(5-7-20-2)9-13(12)19-14;1-3-4-5(8-2)6(7)9;5-4(6,7)2-1-8-3(10)9-2;1-3-2;1-2/h3-4,9-10,15H,5-8H2,1-2H3,(H,18,19);3-4H2,1-2H3,(H2,7,9);2H,1H2,(H2,8,9,10);3H2,1-2H3;1-2H3. The van der Waals surface area contributed by atoms with E-state index in [0.29, 0.717) is 25.2 Å². The Hall–Kier alpha value is -3.33. The van der Waals surface area contributed by atoms with E-state index in [2.05, 4.69) is 28.8 Å². The first kappa shape index (κ1) is 43.8. The summed E-state index contributed by atoms with van der Waals surface area (Å²) in [5.41, 5.74) is 8.43. The van der Waals surface area contributed by atoms with Crippen LogP contribution in [0.5, 0.6) is 0 Å². The number of aromatic nitrogens is 2. The van der Waals surface area contributed by atoms with Crippen molar-refractivity contribution in [2.75, 3.05) is 33.9 Å². The molecule has 1 aromatic heterocycles. The van der Waals surface area contributed by atoms with Crippen molar-refractivity contribution < 1.29 is 41.0 Å². The van der Waals surface area contributed by atoms with Crippen LogP contribution in [0.2, 0.25) is 0 Å². The smallest absolute Gasteiger partial charge is 0.384 e. The average molecular weight is 655 g/mol. The van der Waals surface area contributed by atoms with Gasteiger partial charge >= 0.3 is 12.2 Å². The lowest BCUT2D eigenvalue weighted by Gasteiger charge is -2.11. The summed E-state index contributed by atoms with van der Waals surface area (Å²) in [6.07, 6.45) is -3.66. The molecule has 3 amide bonds. The summed E-state index contributed by atoms with van der Waals surface area (Å²) >= 11 is 0. The summed E-state index contributed by atoms with van der Waals surface area (Å²) in [5.74, 6) is 0.342. The van der Waals surface area contributed by atoms with Gasteiger partial charge < -0.3 is 30.8 Å². The Balaban J connectivity index is 0. The van der Waals surface area contributed by atoms with Crippen molar-refractivity contribution >= 4 is 28.7 Å². The number of ether oxygens (including phenoxy) is 2. The van der Waals surface area contributed by atoms with Gasteiger partial charge in [0.1, 0.15) is 18.0 Å². The lowest BCUT2D eigenvalue weighted by Crippen LogP contribution is -2.40. The number of nitrogens with two attached hydrogens (primary N) is 1. The molecular formula is C30H51F5N6O4. The van der Waals surface area contributed by atoms with E-state index in [4.69, 9.17) is 15.2 Å². The highest BCUT2D eigenvalue weighted by Gasteiger charge is 2.43. The van der Waals surface area contributed by atoms with Crippen LogP contribution in [-0.4, -0.2) is 86.3 Å². The first-order valence-electron chi connectivity index (χ1n) is 15.0. The minimum absolute atomic E-state index is 0.224. The Morgan fingerprint density at radius 3 is 2.18 bits per heavy atom.